The first kappa shape index (κ1) is 11.1. The second-order valence-corrected chi connectivity index (χ2v) is 4.55. The van der Waals surface area contributed by atoms with Crippen LogP contribution < -0.4 is 5.73 Å². The maximum Gasteiger partial charge on any atom is 0.169 e. The van der Waals surface area contributed by atoms with Crippen molar-refractivity contribution < 1.29 is 0 Å². The van der Waals surface area contributed by atoms with Gasteiger partial charge in [0.1, 0.15) is 0 Å². The zero-order valence-corrected chi connectivity index (χ0v) is 10.3. The van der Waals surface area contributed by atoms with Gasteiger partial charge in [-0.15, -0.1) is 16.4 Å². The number of nitrogen functional groups attached to an aromatic ring is 1. The molecular weight excluding hydrogens is 222 g/mol. The van der Waals surface area contributed by atoms with Crippen LogP contribution in [0.1, 0.15) is 23.2 Å². The fraction of sp³-hybridized carbons (Fsp3) is 0.500. The molecule has 2 heterocycles. The quantitative estimate of drug-likeness (QED) is 0.873. The molecule has 0 aliphatic carbocycles. The molecule has 0 radical (unpaired) electrons. The molecule has 2 rings (SSSR count). The Morgan fingerprint density at radius 2 is 2.31 bits per heavy atom. The van der Waals surface area contributed by atoms with Crippen molar-refractivity contribution in [3.8, 4) is 0 Å². The number of aryl methyl sites for hydroxylation is 3. The third kappa shape index (κ3) is 2.06. The number of anilines is 1. The molecule has 0 atom stereocenters. The van der Waals surface area contributed by atoms with Crippen LogP contribution in [0, 0.1) is 6.92 Å². The van der Waals surface area contributed by atoms with Gasteiger partial charge in [0.25, 0.3) is 0 Å². The molecule has 6 heteroatoms. The molecule has 0 unspecified atom stereocenters. The molecule has 0 aliphatic rings. The molecule has 0 saturated carbocycles. The normalized spacial score (nSPS) is 10.9. The highest BCUT2D eigenvalue weighted by atomic mass is 32.1. The Kier molecular flexibility index (Phi) is 3.19. The lowest BCUT2D eigenvalue weighted by molar-refractivity contribution is 0.568. The maximum atomic E-state index is 5.73. The second-order valence-electron chi connectivity index (χ2n) is 3.61. The molecule has 86 valence electrons. The highest BCUT2D eigenvalue weighted by Gasteiger charge is 2.09. The van der Waals surface area contributed by atoms with E-state index in [1.807, 2.05) is 17.1 Å². The second kappa shape index (κ2) is 4.61. The van der Waals surface area contributed by atoms with Gasteiger partial charge >= 0.3 is 0 Å². The van der Waals surface area contributed by atoms with Crippen molar-refractivity contribution in [2.75, 3.05) is 5.73 Å². The van der Waals surface area contributed by atoms with Crippen LogP contribution in [0.4, 0.5) is 5.82 Å². The van der Waals surface area contributed by atoms with Crippen LogP contribution in [0.2, 0.25) is 0 Å². The Hall–Kier alpha value is -1.43. The lowest BCUT2D eigenvalue weighted by atomic mass is 10.3. The number of thiazole rings is 1. The Morgan fingerprint density at radius 1 is 1.50 bits per heavy atom. The van der Waals surface area contributed by atoms with Crippen molar-refractivity contribution in [1.82, 2.24) is 20.0 Å². The summed E-state index contributed by atoms with van der Waals surface area (Å²) in [5, 5.41) is 7.93. The van der Waals surface area contributed by atoms with Crippen LogP contribution in [-0.2, 0) is 19.4 Å². The van der Waals surface area contributed by atoms with Crippen LogP contribution in [0.5, 0.6) is 0 Å². The van der Waals surface area contributed by atoms with Gasteiger partial charge in [0.05, 0.1) is 16.9 Å². The summed E-state index contributed by atoms with van der Waals surface area (Å²) in [7, 11) is 0. The van der Waals surface area contributed by atoms with Crippen molar-refractivity contribution in [1.29, 1.82) is 0 Å². The van der Waals surface area contributed by atoms with E-state index in [1.54, 1.807) is 11.3 Å². The van der Waals surface area contributed by atoms with Gasteiger partial charge in [-0.05, 0) is 13.3 Å². The summed E-state index contributed by atoms with van der Waals surface area (Å²) in [5.74, 6) is 0.545. The zero-order valence-electron chi connectivity index (χ0n) is 9.47. The van der Waals surface area contributed by atoms with Gasteiger partial charge in [0, 0.05) is 17.8 Å². The van der Waals surface area contributed by atoms with Gasteiger partial charge in [-0.3, -0.25) is 0 Å². The molecular formula is C10H15N5S. The SMILES string of the molecule is CCc1c(N)nnn1CCc1scnc1C. The predicted octanol–water partition coefficient (Wildman–Crippen LogP) is 1.43. The van der Waals surface area contributed by atoms with E-state index in [0.29, 0.717) is 5.82 Å². The largest absolute Gasteiger partial charge is 0.381 e. The highest BCUT2D eigenvalue weighted by molar-refractivity contribution is 7.09. The minimum Gasteiger partial charge on any atom is -0.381 e. The van der Waals surface area contributed by atoms with Crippen molar-refractivity contribution in [3.05, 3.63) is 21.8 Å². The van der Waals surface area contributed by atoms with Gasteiger partial charge in [-0.2, -0.15) is 0 Å². The van der Waals surface area contributed by atoms with E-state index < -0.39 is 0 Å². The Labute approximate surface area is 98.3 Å². The average molecular weight is 237 g/mol. The van der Waals surface area contributed by atoms with Crippen LogP contribution in [0.25, 0.3) is 0 Å². The zero-order chi connectivity index (χ0) is 11.5. The summed E-state index contributed by atoms with van der Waals surface area (Å²) in [4.78, 5) is 5.53. The molecule has 0 amide bonds. The van der Waals surface area contributed by atoms with Crippen LogP contribution in [-0.4, -0.2) is 20.0 Å². The molecule has 0 saturated heterocycles. The Balaban J connectivity index is 2.07. The van der Waals surface area contributed by atoms with Gasteiger partial charge in [-0.1, -0.05) is 12.1 Å². The van der Waals surface area contributed by atoms with Crippen LogP contribution >= 0.6 is 11.3 Å². The molecule has 0 fully saturated rings. The number of hydrogen-bond acceptors (Lipinski definition) is 5. The third-order valence-corrected chi connectivity index (χ3v) is 3.59. The van der Waals surface area contributed by atoms with E-state index in [2.05, 4.69) is 22.2 Å². The first-order chi connectivity index (χ1) is 7.72. The molecule has 0 aliphatic heterocycles. The average Bonchev–Trinajstić information content (AvgIpc) is 2.82. The van der Waals surface area contributed by atoms with Gasteiger partial charge < -0.3 is 5.73 Å². The molecule has 5 nitrogen and oxygen atoms in total. The van der Waals surface area contributed by atoms with Crippen LogP contribution in [0.3, 0.4) is 0 Å². The number of aromatic nitrogens is 4. The molecule has 2 aromatic heterocycles. The summed E-state index contributed by atoms with van der Waals surface area (Å²) in [6.07, 6.45) is 1.80. The highest BCUT2D eigenvalue weighted by Crippen LogP contribution is 2.15. The topological polar surface area (TPSA) is 69.6 Å². The van der Waals surface area contributed by atoms with Crippen molar-refractivity contribution >= 4 is 17.2 Å². The Bertz CT molecular complexity index is 473. The van der Waals surface area contributed by atoms with E-state index >= 15 is 0 Å². The van der Waals surface area contributed by atoms with Crippen molar-refractivity contribution in [2.45, 2.75) is 33.2 Å². The molecule has 0 spiro atoms. The summed E-state index contributed by atoms with van der Waals surface area (Å²) >= 11 is 1.69. The van der Waals surface area contributed by atoms with E-state index in [4.69, 9.17) is 5.73 Å². The molecule has 0 bridgehead atoms. The minimum atomic E-state index is 0.545. The molecule has 16 heavy (non-hydrogen) atoms. The van der Waals surface area contributed by atoms with E-state index in [-0.39, 0.29) is 0 Å². The summed E-state index contributed by atoms with van der Waals surface area (Å²) in [5.41, 5.74) is 9.73. The van der Waals surface area contributed by atoms with Gasteiger partial charge in [0.15, 0.2) is 5.82 Å². The van der Waals surface area contributed by atoms with E-state index in [0.717, 1.165) is 30.8 Å². The minimum absolute atomic E-state index is 0.545. The fourth-order valence-electron chi connectivity index (χ4n) is 1.66. The number of nitrogens with zero attached hydrogens (tertiary/aromatic N) is 4. The fourth-order valence-corrected chi connectivity index (χ4v) is 2.43. The summed E-state index contributed by atoms with van der Waals surface area (Å²) < 4.78 is 1.88. The predicted molar refractivity (Wildman–Crippen MR) is 64.4 cm³/mol. The summed E-state index contributed by atoms with van der Waals surface area (Å²) in [6.45, 7) is 4.90. The first-order valence-corrected chi connectivity index (χ1v) is 6.17. The lowest BCUT2D eigenvalue weighted by Crippen LogP contribution is -2.07. The van der Waals surface area contributed by atoms with E-state index in [1.165, 1.54) is 4.88 Å². The van der Waals surface area contributed by atoms with E-state index in [9.17, 15) is 0 Å². The van der Waals surface area contributed by atoms with Gasteiger partial charge in [0.2, 0.25) is 0 Å². The smallest absolute Gasteiger partial charge is 0.169 e. The Morgan fingerprint density at radius 3 is 2.94 bits per heavy atom. The number of nitrogens with two attached hydrogens (primary N) is 1. The molecule has 2 N–H and O–H groups in total. The number of hydrogen-bond donors (Lipinski definition) is 1. The standard InChI is InChI=1S/C10H15N5S/c1-3-8-10(11)13-14-15(8)5-4-9-7(2)12-6-16-9/h6H,3-5,11H2,1-2H3. The monoisotopic (exact) mass is 237 g/mol. The first-order valence-electron chi connectivity index (χ1n) is 5.29. The number of rotatable bonds is 4. The molecule has 2 aromatic rings. The van der Waals surface area contributed by atoms with Crippen molar-refractivity contribution in [3.63, 3.8) is 0 Å². The van der Waals surface area contributed by atoms with Crippen molar-refractivity contribution in [2.24, 2.45) is 0 Å². The summed E-state index contributed by atoms with van der Waals surface area (Å²) in [6, 6.07) is 0. The maximum absolute atomic E-state index is 5.73. The van der Waals surface area contributed by atoms with Gasteiger partial charge in [-0.25, -0.2) is 9.67 Å². The third-order valence-electron chi connectivity index (χ3n) is 2.60. The lowest BCUT2D eigenvalue weighted by Gasteiger charge is -2.03. The molecule has 0 aromatic carbocycles. The van der Waals surface area contributed by atoms with Crippen LogP contribution in [0.15, 0.2) is 5.51 Å².